The van der Waals surface area contributed by atoms with Crippen LogP contribution >= 0.6 is 0 Å². The van der Waals surface area contributed by atoms with Crippen molar-refractivity contribution in [1.82, 2.24) is 0 Å². The third-order valence-corrected chi connectivity index (χ3v) is 4.28. The van der Waals surface area contributed by atoms with E-state index >= 15 is 0 Å². The Kier molecular flexibility index (Phi) is 15.4. The van der Waals surface area contributed by atoms with Crippen LogP contribution in [0.5, 0.6) is 0 Å². The Morgan fingerprint density at radius 1 is 0.929 bits per heavy atom. The number of quaternary nitrogens is 1. The molecule has 0 aromatic heterocycles. The number of rotatable bonds is 17. The summed E-state index contributed by atoms with van der Waals surface area (Å²) in [5, 5.41) is 10.8. The van der Waals surface area contributed by atoms with E-state index in [1.807, 2.05) is 21.1 Å². The van der Waals surface area contributed by atoms with E-state index in [1.165, 1.54) is 32.1 Å². The van der Waals surface area contributed by atoms with Crippen molar-refractivity contribution in [3.05, 3.63) is 24.3 Å². The van der Waals surface area contributed by atoms with Crippen LogP contribution in [0.2, 0.25) is 0 Å². The molecule has 1 atom stereocenters. The quantitative estimate of drug-likeness (QED) is 0.163. The second-order valence-electron chi connectivity index (χ2n) is 8.43. The van der Waals surface area contributed by atoms with Crippen LogP contribution in [0.1, 0.15) is 77.6 Å². The van der Waals surface area contributed by atoms with Gasteiger partial charge in [0.15, 0.2) is 6.10 Å². The molecule has 5 heteroatoms. The number of allylic oxidation sites excluding steroid dienone is 4. The molecule has 1 unspecified atom stereocenters. The predicted octanol–water partition coefficient (Wildman–Crippen LogP) is 3.78. The van der Waals surface area contributed by atoms with Crippen LogP contribution in [0.4, 0.5) is 0 Å². The minimum Gasteiger partial charge on any atom is -0.550 e. The lowest BCUT2D eigenvalue weighted by Gasteiger charge is -2.29. The van der Waals surface area contributed by atoms with Gasteiger partial charge in [-0.05, 0) is 38.5 Å². The molecule has 0 aliphatic carbocycles. The van der Waals surface area contributed by atoms with E-state index in [-0.39, 0.29) is 12.4 Å². The van der Waals surface area contributed by atoms with E-state index in [1.54, 1.807) is 0 Å². The minimum absolute atomic E-state index is 0.254. The van der Waals surface area contributed by atoms with Crippen molar-refractivity contribution in [3.8, 4) is 0 Å². The summed E-state index contributed by atoms with van der Waals surface area (Å²) in [5.41, 5.74) is 0. The van der Waals surface area contributed by atoms with E-state index in [0.717, 1.165) is 25.7 Å². The van der Waals surface area contributed by atoms with Gasteiger partial charge in [-0.15, -0.1) is 0 Å². The first-order valence-corrected chi connectivity index (χ1v) is 10.7. The van der Waals surface area contributed by atoms with E-state index in [2.05, 4.69) is 31.2 Å². The summed E-state index contributed by atoms with van der Waals surface area (Å²) in [4.78, 5) is 22.8. The zero-order valence-electron chi connectivity index (χ0n) is 18.5. The number of carbonyl (C=O) groups is 2. The average molecular weight is 396 g/mol. The molecular weight excluding hydrogens is 354 g/mol. The second kappa shape index (κ2) is 16.3. The van der Waals surface area contributed by atoms with Gasteiger partial charge >= 0.3 is 5.97 Å². The monoisotopic (exact) mass is 395 g/mol. The fourth-order valence-electron chi connectivity index (χ4n) is 2.91. The number of hydrogen-bond acceptors (Lipinski definition) is 4. The van der Waals surface area contributed by atoms with Gasteiger partial charge in [0.1, 0.15) is 6.54 Å². The number of carbonyl (C=O) groups excluding carboxylic acids is 2. The van der Waals surface area contributed by atoms with Gasteiger partial charge < -0.3 is 19.1 Å². The van der Waals surface area contributed by atoms with Gasteiger partial charge in [-0.3, -0.25) is 4.79 Å². The first kappa shape index (κ1) is 26.4. The molecule has 0 fully saturated rings. The van der Waals surface area contributed by atoms with Crippen molar-refractivity contribution in [2.45, 2.75) is 83.7 Å². The summed E-state index contributed by atoms with van der Waals surface area (Å²) in [6, 6.07) is 0. The molecule has 0 saturated carbocycles. The third kappa shape index (κ3) is 19.2. The van der Waals surface area contributed by atoms with Crippen molar-refractivity contribution >= 4 is 11.9 Å². The van der Waals surface area contributed by atoms with E-state index < -0.39 is 12.1 Å². The molecule has 28 heavy (non-hydrogen) atoms. The number of aliphatic carboxylic acids is 1. The standard InChI is InChI=1S/C23H41NO4/c1-5-6-7-8-9-10-11-12-13-14-15-16-17-18-23(27)28-21(19-22(25)26)20-24(2,3)4/h10-11,13-14,21H,5-9,12,15-20H2,1-4H3/b11-10+,14-13+. The molecule has 0 saturated heterocycles. The lowest BCUT2D eigenvalue weighted by molar-refractivity contribution is -0.873. The Balaban J connectivity index is 3.84. The van der Waals surface area contributed by atoms with E-state index in [4.69, 9.17) is 4.74 Å². The van der Waals surface area contributed by atoms with Crippen molar-refractivity contribution < 1.29 is 23.9 Å². The fraction of sp³-hybridized carbons (Fsp3) is 0.739. The number of ether oxygens (including phenoxy) is 1. The van der Waals surface area contributed by atoms with Crippen LogP contribution in [0.3, 0.4) is 0 Å². The summed E-state index contributed by atoms with van der Waals surface area (Å²) in [6.07, 6.45) is 18.2. The molecule has 0 aliphatic rings. The summed E-state index contributed by atoms with van der Waals surface area (Å²) in [6.45, 7) is 2.68. The number of carboxylic acid groups (broad SMARTS) is 1. The van der Waals surface area contributed by atoms with Gasteiger partial charge in [0.2, 0.25) is 0 Å². The number of likely N-dealkylation sites (N-methyl/N-ethyl adjacent to an activating group) is 1. The molecule has 0 spiro atoms. The third-order valence-electron chi connectivity index (χ3n) is 4.28. The van der Waals surface area contributed by atoms with Gasteiger partial charge in [0.25, 0.3) is 0 Å². The Morgan fingerprint density at radius 3 is 2.07 bits per heavy atom. The SMILES string of the molecule is CCCCCC/C=C/C/C=C/CCCCC(=O)OC(CC(=O)[O-])C[N+](C)(C)C. The fourth-order valence-corrected chi connectivity index (χ4v) is 2.91. The van der Waals surface area contributed by atoms with Crippen LogP contribution in [-0.4, -0.2) is 50.2 Å². The predicted molar refractivity (Wildman–Crippen MR) is 113 cm³/mol. The molecule has 0 bridgehead atoms. The molecule has 162 valence electrons. The highest BCUT2D eigenvalue weighted by atomic mass is 16.5. The zero-order valence-corrected chi connectivity index (χ0v) is 18.5. The molecule has 5 nitrogen and oxygen atoms in total. The molecule has 0 aromatic rings. The van der Waals surface area contributed by atoms with E-state index in [9.17, 15) is 14.7 Å². The summed E-state index contributed by atoms with van der Waals surface area (Å²) < 4.78 is 5.87. The number of nitrogens with zero attached hydrogens (tertiary/aromatic N) is 1. The molecule has 0 aliphatic heterocycles. The van der Waals surface area contributed by atoms with Crippen LogP contribution in [-0.2, 0) is 14.3 Å². The van der Waals surface area contributed by atoms with Gasteiger partial charge in [-0.25, -0.2) is 0 Å². The Morgan fingerprint density at radius 2 is 1.54 bits per heavy atom. The number of hydrogen-bond donors (Lipinski definition) is 0. The molecule has 0 aromatic carbocycles. The number of carboxylic acids is 1. The summed E-state index contributed by atoms with van der Waals surface area (Å²) in [7, 11) is 5.80. The molecule has 0 amide bonds. The maximum atomic E-state index is 12.0. The number of unbranched alkanes of at least 4 members (excludes halogenated alkanes) is 6. The normalized spacial score (nSPS) is 13.3. The summed E-state index contributed by atoms with van der Waals surface area (Å²) in [5.74, 6) is -1.51. The summed E-state index contributed by atoms with van der Waals surface area (Å²) >= 11 is 0. The largest absolute Gasteiger partial charge is 0.550 e. The Bertz CT molecular complexity index is 477. The number of esters is 1. The molecule has 0 rings (SSSR count). The van der Waals surface area contributed by atoms with Crippen molar-refractivity contribution in [2.24, 2.45) is 0 Å². The van der Waals surface area contributed by atoms with Crippen LogP contribution in [0.15, 0.2) is 24.3 Å². The molecular formula is C23H41NO4. The maximum Gasteiger partial charge on any atom is 0.306 e. The van der Waals surface area contributed by atoms with Crippen molar-refractivity contribution in [2.75, 3.05) is 27.7 Å². The van der Waals surface area contributed by atoms with Gasteiger partial charge in [0.05, 0.1) is 21.1 Å². The highest BCUT2D eigenvalue weighted by Crippen LogP contribution is 2.09. The first-order chi connectivity index (χ1) is 13.2. The molecule has 0 N–H and O–H groups in total. The first-order valence-electron chi connectivity index (χ1n) is 10.7. The van der Waals surface area contributed by atoms with E-state index in [0.29, 0.717) is 17.4 Å². The lowest BCUT2D eigenvalue weighted by atomic mass is 10.1. The van der Waals surface area contributed by atoms with Gasteiger partial charge in [-0.2, -0.15) is 0 Å². The zero-order chi connectivity index (χ0) is 21.3. The smallest absolute Gasteiger partial charge is 0.306 e. The average Bonchev–Trinajstić information content (AvgIpc) is 2.56. The Labute approximate surface area is 172 Å². The topological polar surface area (TPSA) is 66.4 Å². The molecule has 0 radical (unpaired) electrons. The lowest BCUT2D eigenvalue weighted by Crippen LogP contribution is -2.45. The van der Waals surface area contributed by atoms with Crippen LogP contribution in [0.25, 0.3) is 0 Å². The van der Waals surface area contributed by atoms with Crippen molar-refractivity contribution in [3.63, 3.8) is 0 Å². The van der Waals surface area contributed by atoms with Gasteiger partial charge in [-0.1, -0.05) is 50.5 Å². The van der Waals surface area contributed by atoms with Crippen molar-refractivity contribution in [1.29, 1.82) is 0 Å². The minimum atomic E-state index is -1.19. The molecule has 0 heterocycles. The van der Waals surface area contributed by atoms with Crippen LogP contribution < -0.4 is 5.11 Å². The highest BCUT2D eigenvalue weighted by molar-refractivity contribution is 5.70. The second-order valence-corrected chi connectivity index (χ2v) is 8.43. The van der Waals surface area contributed by atoms with Crippen LogP contribution in [0, 0.1) is 0 Å². The Hall–Kier alpha value is -1.62. The highest BCUT2D eigenvalue weighted by Gasteiger charge is 2.22. The van der Waals surface area contributed by atoms with Gasteiger partial charge in [0, 0.05) is 18.8 Å². The maximum absolute atomic E-state index is 12.0.